The first-order chi connectivity index (χ1) is 20.2. The normalized spacial score (nSPS) is 21.7. The average Bonchev–Trinajstić information content (AvgIpc) is 3.15. The van der Waals surface area contributed by atoms with E-state index in [-0.39, 0.29) is 24.5 Å². The maximum atomic E-state index is 11.5. The third kappa shape index (κ3) is 7.87. The number of anilines is 1. The molecular formula is C34H47ClN2O5. The SMILES string of the molecule is CCCc1cc(Cl)ccc1C1COc2ccc(C(O)CO)cc2N(CC2CCC2C(/C=C/CCN(C)C(C)=O)OC)C1. The van der Waals surface area contributed by atoms with Gasteiger partial charge in [0.15, 0.2) is 0 Å². The van der Waals surface area contributed by atoms with Gasteiger partial charge in [0, 0.05) is 51.7 Å². The van der Waals surface area contributed by atoms with Crippen LogP contribution in [0, 0.1) is 11.8 Å². The van der Waals surface area contributed by atoms with Crippen molar-refractivity contribution in [3.63, 3.8) is 0 Å². The van der Waals surface area contributed by atoms with Gasteiger partial charge >= 0.3 is 0 Å². The molecule has 230 valence electrons. The first-order valence-electron chi connectivity index (χ1n) is 15.3. The molecule has 0 bridgehead atoms. The quantitative estimate of drug-likeness (QED) is 0.285. The Hall–Kier alpha value is -2.58. The Morgan fingerprint density at radius 1 is 1.26 bits per heavy atom. The largest absolute Gasteiger partial charge is 0.491 e. The van der Waals surface area contributed by atoms with Gasteiger partial charge in [0.1, 0.15) is 11.9 Å². The van der Waals surface area contributed by atoms with Crippen LogP contribution in [0.2, 0.25) is 5.02 Å². The zero-order chi connectivity index (χ0) is 30.2. The Morgan fingerprint density at radius 3 is 2.74 bits per heavy atom. The molecule has 42 heavy (non-hydrogen) atoms. The number of amides is 1. The van der Waals surface area contributed by atoms with Gasteiger partial charge in [-0.1, -0.05) is 49.2 Å². The van der Waals surface area contributed by atoms with Crippen LogP contribution in [-0.2, 0) is 16.0 Å². The van der Waals surface area contributed by atoms with Gasteiger partial charge in [0.2, 0.25) is 5.91 Å². The van der Waals surface area contributed by atoms with Gasteiger partial charge in [-0.15, -0.1) is 0 Å². The van der Waals surface area contributed by atoms with Crippen LogP contribution in [0.5, 0.6) is 5.75 Å². The Labute approximate surface area is 256 Å². The van der Waals surface area contributed by atoms with Crippen molar-refractivity contribution in [3.05, 3.63) is 70.3 Å². The molecule has 0 spiro atoms. The maximum Gasteiger partial charge on any atom is 0.219 e. The van der Waals surface area contributed by atoms with Gasteiger partial charge in [-0.2, -0.15) is 0 Å². The summed E-state index contributed by atoms with van der Waals surface area (Å²) in [6, 6.07) is 11.9. The molecule has 5 unspecified atom stereocenters. The summed E-state index contributed by atoms with van der Waals surface area (Å²) >= 11 is 6.39. The lowest BCUT2D eigenvalue weighted by Gasteiger charge is -2.43. The predicted molar refractivity (Wildman–Crippen MR) is 168 cm³/mol. The molecule has 1 amide bonds. The van der Waals surface area contributed by atoms with Crippen LogP contribution in [0.25, 0.3) is 0 Å². The number of nitrogens with zero attached hydrogens (tertiary/aromatic N) is 2. The number of aliphatic hydroxyl groups excluding tert-OH is 2. The molecule has 0 aromatic heterocycles. The summed E-state index contributed by atoms with van der Waals surface area (Å²) in [5.74, 6) is 1.84. The highest BCUT2D eigenvalue weighted by Gasteiger charge is 2.38. The highest BCUT2D eigenvalue weighted by atomic mass is 35.5. The number of halogens is 1. The molecule has 8 heteroatoms. The van der Waals surface area contributed by atoms with Crippen LogP contribution >= 0.6 is 11.6 Å². The number of benzene rings is 2. The molecule has 2 aromatic rings. The Kier molecular flexibility index (Phi) is 11.7. The molecule has 0 radical (unpaired) electrons. The van der Waals surface area contributed by atoms with Crippen molar-refractivity contribution in [1.29, 1.82) is 0 Å². The Morgan fingerprint density at radius 2 is 2.07 bits per heavy atom. The topological polar surface area (TPSA) is 82.5 Å². The molecule has 7 nitrogen and oxygen atoms in total. The third-order valence-corrected chi connectivity index (χ3v) is 9.18. The number of hydrogen-bond acceptors (Lipinski definition) is 6. The van der Waals surface area contributed by atoms with Gasteiger partial charge in [0.05, 0.1) is 25.0 Å². The smallest absolute Gasteiger partial charge is 0.219 e. The number of rotatable bonds is 13. The number of aliphatic hydroxyl groups is 2. The summed E-state index contributed by atoms with van der Waals surface area (Å²) in [6.07, 6.45) is 8.37. The van der Waals surface area contributed by atoms with Crippen molar-refractivity contribution in [1.82, 2.24) is 4.90 Å². The number of aryl methyl sites for hydroxylation is 1. The average molecular weight is 599 g/mol. The lowest BCUT2D eigenvalue weighted by molar-refractivity contribution is -0.127. The van der Waals surface area contributed by atoms with Crippen LogP contribution in [0.15, 0.2) is 48.6 Å². The summed E-state index contributed by atoms with van der Waals surface area (Å²) in [7, 11) is 3.59. The van der Waals surface area contributed by atoms with E-state index in [1.54, 1.807) is 18.9 Å². The van der Waals surface area contributed by atoms with E-state index in [2.05, 4.69) is 36.1 Å². The third-order valence-electron chi connectivity index (χ3n) is 8.95. The Balaban J connectivity index is 1.57. The van der Waals surface area contributed by atoms with E-state index >= 15 is 0 Å². The molecule has 1 aliphatic heterocycles. The van der Waals surface area contributed by atoms with Crippen LogP contribution in [-0.4, -0.2) is 74.1 Å². The van der Waals surface area contributed by atoms with Crippen LogP contribution < -0.4 is 9.64 Å². The van der Waals surface area contributed by atoms with Crippen LogP contribution in [0.3, 0.4) is 0 Å². The van der Waals surface area contributed by atoms with Crippen molar-refractivity contribution < 1.29 is 24.5 Å². The van der Waals surface area contributed by atoms with Gasteiger partial charge in [-0.05, 0) is 78.5 Å². The van der Waals surface area contributed by atoms with E-state index in [1.165, 1.54) is 11.1 Å². The summed E-state index contributed by atoms with van der Waals surface area (Å²) in [5.41, 5.74) is 4.17. The van der Waals surface area contributed by atoms with E-state index in [1.807, 2.05) is 31.3 Å². The lowest BCUT2D eigenvalue weighted by Crippen LogP contribution is -2.44. The molecule has 5 atom stereocenters. The standard InChI is InChI=1S/C34H47ClN2O5/c1-5-8-24-17-28(35)12-14-29(24)27-20-37(31-18-25(32(40)21-38)11-15-34(31)42-22-27)19-26-10-13-30(26)33(41-4)9-6-7-16-36(3)23(2)39/h6,9,11-12,14-15,17-18,26-27,30,32-33,38,40H,5,7-8,10,13,16,19-22H2,1-4H3/b9-6+. The lowest BCUT2D eigenvalue weighted by atomic mass is 9.70. The molecule has 1 fully saturated rings. The fraction of sp³-hybridized carbons (Fsp3) is 0.559. The van der Waals surface area contributed by atoms with Gasteiger partial charge < -0.3 is 29.5 Å². The number of hydrogen-bond donors (Lipinski definition) is 2. The highest BCUT2D eigenvalue weighted by Crippen LogP contribution is 2.43. The molecule has 2 aliphatic rings. The monoisotopic (exact) mass is 598 g/mol. The second-order valence-electron chi connectivity index (χ2n) is 11.8. The van der Waals surface area contributed by atoms with Crippen molar-refractivity contribution in [2.45, 2.75) is 64.1 Å². The Bertz CT molecular complexity index is 1220. The van der Waals surface area contributed by atoms with Crippen molar-refractivity contribution in [2.75, 3.05) is 51.9 Å². The molecular weight excluding hydrogens is 552 g/mol. The van der Waals surface area contributed by atoms with Crippen molar-refractivity contribution >= 4 is 23.2 Å². The van der Waals surface area contributed by atoms with E-state index in [0.29, 0.717) is 30.6 Å². The second kappa shape index (κ2) is 15.2. The minimum atomic E-state index is -0.940. The van der Waals surface area contributed by atoms with Crippen molar-refractivity contribution in [3.8, 4) is 5.75 Å². The maximum absolute atomic E-state index is 11.5. The van der Waals surface area contributed by atoms with Crippen LogP contribution in [0.1, 0.15) is 68.2 Å². The van der Waals surface area contributed by atoms with E-state index < -0.39 is 6.10 Å². The zero-order valence-electron chi connectivity index (χ0n) is 25.5. The van der Waals surface area contributed by atoms with Crippen LogP contribution in [0.4, 0.5) is 5.69 Å². The van der Waals surface area contributed by atoms with Gasteiger partial charge in [-0.3, -0.25) is 4.79 Å². The summed E-state index contributed by atoms with van der Waals surface area (Å²) < 4.78 is 12.4. The second-order valence-corrected chi connectivity index (χ2v) is 12.2. The summed E-state index contributed by atoms with van der Waals surface area (Å²) in [4.78, 5) is 15.7. The molecule has 1 saturated carbocycles. The van der Waals surface area contributed by atoms with Gasteiger partial charge in [-0.25, -0.2) is 0 Å². The number of methoxy groups -OCH3 is 1. The fourth-order valence-corrected chi connectivity index (χ4v) is 6.43. The molecule has 1 aliphatic carbocycles. The van der Waals surface area contributed by atoms with E-state index in [4.69, 9.17) is 21.1 Å². The molecule has 0 saturated heterocycles. The molecule has 2 aromatic carbocycles. The fourth-order valence-electron chi connectivity index (χ4n) is 6.23. The number of ether oxygens (including phenoxy) is 2. The molecule has 1 heterocycles. The number of fused-ring (bicyclic) bond motifs is 1. The minimum absolute atomic E-state index is 0.0137. The minimum Gasteiger partial charge on any atom is -0.491 e. The number of carbonyl (C=O) groups is 1. The molecule has 4 rings (SSSR count). The summed E-state index contributed by atoms with van der Waals surface area (Å²) in [6.45, 7) is 6.30. The van der Waals surface area contributed by atoms with Gasteiger partial charge in [0.25, 0.3) is 0 Å². The highest BCUT2D eigenvalue weighted by molar-refractivity contribution is 6.30. The van der Waals surface area contributed by atoms with E-state index in [9.17, 15) is 15.0 Å². The first kappa shape index (κ1) is 32.3. The zero-order valence-corrected chi connectivity index (χ0v) is 26.2. The number of carbonyl (C=O) groups excluding carboxylic acids is 1. The summed E-state index contributed by atoms with van der Waals surface area (Å²) in [5, 5.41) is 20.8. The van der Waals surface area contributed by atoms with E-state index in [0.717, 1.165) is 61.7 Å². The molecule has 2 N–H and O–H groups in total. The predicted octanol–water partition coefficient (Wildman–Crippen LogP) is 5.77. The first-order valence-corrected chi connectivity index (χ1v) is 15.6. The van der Waals surface area contributed by atoms with Crippen molar-refractivity contribution in [2.24, 2.45) is 11.8 Å².